The summed E-state index contributed by atoms with van der Waals surface area (Å²) < 4.78 is 0. The minimum absolute atomic E-state index is 1.33. The highest BCUT2D eigenvalue weighted by Crippen LogP contribution is 2.34. The molecule has 0 heterocycles. The van der Waals surface area contributed by atoms with Gasteiger partial charge in [0.25, 0.3) is 0 Å². The van der Waals surface area contributed by atoms with Crippen molar-refractivity contribution in [1.29, 1.82) is 0 Å². The van der Waals surface area contributed by atoms with Crippen LogP contribution in [0.3, 0.4) is 0 Å². The average molecular weight is 286 g/mol. The first-order valence-electron chi connectivity index (χ1n) is 7.42. The van der Waals surface area contributed by atoms with E-state index >= 15 is 0 Å². The third-order valence-electron chi connectivity index (χ3n) is 4.73. The summed E-state index contributed by atoms with van der Waals surface area (Å²) in [6.07, 6.45) is 0. The van der Waals surface area contributed by atoms with Crippen LogP contribution in [0.4, 0.5) is 0 Å². The molecule has 4 aromatic rings. The van der Waals surface area contributed by atoms with E-state index in [0.717, 1.165) is 0 Å². The lowest BCUT2D eigenvalue weighted by Crippen LogP contribution is -2.39. The van der Waals surface area contributed by atoms with Crippen LogP contribution in [0.1, 0.15) is 0 Å². The smallest absolute Gasteiger partial charge is 0.104 e. The quantitative estimate of drug-likeness (QED) is 0.350. The molecular formula is C20H18Si. The molecule has 0 spiro atoms. The van der Waals surface area contributed by atoms with Gasteiger partial charge in [-0.15, -0.1) is 6.58 Å². The lowest BCUT2D eigenvalue weighted by atomic mass is 9.94. The minimum Gasteiger partial charge on any atom is -0.107 e. The van der Waals surface area contributed by atoms with E-state index in [4.69, 9.17) is 0 Å². The van der Waals surface area contributed by atoms with E-state index in [-0.39, 0.29) is 0 Å². The molecule has 0 fully saturated rings. The van der Waals surface area contributed by atoms with Crippen LogP contribution in [-0.4, -0.2) is 8.07 Å². The zero-order valence-electron chi connectivity index (χ0n) is 12.5. The third kappa shape index (κ3) is 1.67. The van der Waals surface area contributed by atoms with Crippen LogP contribution in [0.25, 0.3) is 32.3 Å². The second-order valence-corrected chi connectivity index (χ2v) is 10.8. The van der Waals surface area contributed by atoms with Gasteiger partial charge < -0.3 is 0 Å². The molecule has 0 saturated heterocycles. The Morgan fingerprint density at radius 1 is 0.762 bits per heavy atom. The van der Waals surface area contributed by atoms with E-state index in [1.807, 2.05) is 0 Å². The summed E-state index contributed by atoms with van der Waals surface area (Å²) in [6.45, 7) is 8.81. The van der Waals surface area contributed by atoms with Crippen molar-refractivity contribution in [2.24, 2.45) is 0 Å². The summed E-state index contributed by atoms with van der Waals surface area (Å²) in [5.74, 6) is 0. The zero-order valence-corrected chi connectivity index (χ0v) is 13.5. The molecule has 0 aliphatic carbocycles. The van der Waals surface area contributed by atoms with Gasteiger partial charge in [0.2, 0.25) is 0 Å². The molecule has 0 unspecified atom stereocenters. The zero-order chi connectivity index (χ0) is 14.6. The normalized spacial score (nSPS) is 12.5. The highest BCUT2D eigenvalue weighted by molar-refractivity contribution is 6.95. The van der Waals surface area contributed by atoms with Crippen LogP contribution < -0.4 is 5.19 Å². The molecule has 0 amide bonds. The first kappa shape index (κ1) is 12.6. The molecule has 0 nitrogen and oxygen atoms in total. The number of benzene rings is 4. The van der Waals surface area contributed by atoms with E-state index in [0.29, 0.717) is 0 Å². The lowest BCUT2D eigenvalue weighted by Gasteiger charge is -2.22. The molecule has 1 heteroatoms. The van der Waals surface area contributed by atoms with Gasteiger partial charge in [-0.1, -0.05) is 73.4 Å². The average Bonchev–Trinajstić information content (AvgIpc) is 2.52. The molecule has 4 aromatic carbocycles. The Morgan fingerprint density at radius 2 is 1.33 bits per heavy atom. The van der Waals surface area contributed by atoms with Crippen LogP contribution in [0.2, 0.25) is 13.1 Å². The molecule has 0 bridgehead atoms. The minimum atomic E-state index is -1.58. The van der Waals surface area contributed by atoms with Crippen LogP contribution in [0.5, 0.6) is 0 Å². The molecule has 0 saturated carbocycles. The fourth-order valence-corrected chi connectivity index (χ4v) is 5.04. The summed E-state index contributed by atoms with van der Waals surface area (Å²) >= 11 is 0. The second kappa shape index (κ2) is 4.19. The Hall–Kier alpha value is -2.12. The number of hydrogen-bond acceptors (Lipinski definition) is 0. The van der Waals surface area contributed by atoms with Crippen molar-refractivity contribution in [3.63, 3.8) is 0 Å². The predicted octanol–water partition coefficient (Wildman–Crippen LogP) is 5.22. The molecule has 102 valence electrons. The number of hydrogen-bond donors (Lipinski definition) is 0. The summed E-state index contributed by atoms with van der Waals surface area (Å²) in [4.78, 5) is 0. The third-order valence-corrected chi connectivity index (χ3v) is 7.58. The fraction of sp³-hybridized carbons (Fsp3) is 0.100. The van der Waals surface area contributed by atoms with Gasteiger partial charge in [0, 0.05) is 0 Å². The molecule has 0 N–H and O–H groups in total. The highest BCUT2D eigenvalue weighted by Gasteiger charge is 2.22. The summed E-state index contributed by atoms with van der Waals surface area (Å²) in [7, 11) is -1.58. The summed E-state index contributed by atoms with van der Waals surface area (Å²) in [5.41, 5.74) is 2.18. The molecule has 0 radical (unpaired) electrons. The topological polar surface area (TPSA) is 0 Å². The maximum absolute atomic E-state index is 4.08. The van der Waals surface area contributed by atoms with Crippen LogP contribution in [0.15, 0.2) is 66.9 Å². The molecule has 21 heavy (non-hydrogen) atoms. The van der Waals surface area contributed by atoms with Gasteiger partial charge >= 0.3 is 0 Å². The van der Waals surface area contributed by atoms with Crippen molar-refractivity contribution in [2.45, 2.75) is 13.1 Å². The first-order chi connectivity index (χ1) is 10.1. The Morgan fingerprint density at radius 3 is 2.00 bits per heavy atom. The van der Waals surface area contributed by atoms with E-state index in [2.05, 4.69) is 80.0 Å². The van der Waals surface area contributed by atoms with Gasteiger partial charge in [0.15, 0.2) is 0 Å². The Bertz CT molecular complexity index is 963. The van der Waals surface area contributed by atoms with Crippen molar-refractivity contribution >= 4 is 45.6 Å². The molecule has 0 aliphatic heterocycles. The van der Waals surface area contributed by atoms with Crippen LogP contribution >= 0.6 is 0 Å². The summed E-state index contributed by atoms with van der Waals surface area (Å²) in [5, 5.41) is 9.74. The molecule has 0 aliphatic rings. The standard InChI is InChI=1S/C20H18Si/c1-4-21(2,3)18-13-11-16-9-8-14-6-5-7-15-10-12-17(18)20(16)19(14)15/h4-13H,1H2,2-3H3. The van der Waals surface area contributed by atoms with Crippen LogP contribution in [0, 0.1) is 0 Å². The maximum Gasteiger partial charge on any atom is 0.104 e. The van der Waals surface area contributed by atoms with Gasteiger partial charge in [0.1, 0.15) is 8.07 Å². The molecule has 0 atom stereocenters. The maximum atomic E-state index is 4.08. The van der Waals surface area contributed by atoms with E-state index in [9.17, 15) is 0 Å². The van der Waals surface area contributed by atoms with Crippen LogP contribution in [-0.2, 0) is 0 Å². The second-order valence-electron chi connectivity index (χ2n) is 6.39. The van der Waals surface area contributed by atoms with Gasteiger partial charge in [-0.05, 0) is 37.5 Å². The largest absolute Gasteiger partial charge is 0.107 e. The fourth-order valence-electron chi connectivity index (χ4n) is 3.41. The van der Waals surface area contributed by atoms with E-state index < -0.39 is 8.07 Å². The molecular weight excluding hydrogens is 268 g/mol. The molecule has 4 rings (SSSR count). The van der Waals surface area contributed by atoms with Crippen molar-refractivity contribution in [3.8, 4) is 0 Å². The van der Waals surface area contributed by atoms with E-state index in [1.54, 1.807) is 0 Å². The lowest BCUT2D eigenvalue weighted by molar-refractivity contribution is 1.76. The first-order valence-corrected chi connectivity index (χ1v) is 10.5. The van der Waals surface area contributed by atoms with Gasteiger partial charge in [0.05, 0.1) is 0 Å². The Labute approximate surface area is 126 Å². The van der Waals surface area contributed by atoms with E-state index in [1.165, 1.54) is 37.5 Å². The predicted molar refractivity (Wildman–Crippen MR) is 97.5 cm³/mol. The monoisotopic (exact) mass is 286 g/mol. The van der Waals surface area contributed by atoms with Gasteiger partial charge in [-0.25, -0.2) is 0 Å². The SMILES string of the molecule is C=C[Si](C)(C)c1ccc2ccc3cccc4ccc1c2c34. The number of rotatable bonds is 2. The molecule has 0 aromatic heterocycles. The van der Waals surface area contributed by atoms with Crippen molar-refractivity contribution in [2.75, 3.05) is 0 Å². The van der Waals surface area contributed by atoms with Gasteiger partial charge in [-0.3, -0.25) is 0 Å². The van der Waals surface area contributed by atoms with Gasteiger partial charge in [-0.2, -0.15) is 0 Å². The van der Waals surface area contributed by atoms with Crippen molar-refractivity contribution in [3.05, 3.63) is 66.9 Å². The van der Waals surface area contributed by atoms with Crippen molar-refractivity contribution in [1.82, 2.24) is 0 Å². The Kier molecular flexibility index (Phi) is 2.51. The highest BCUT2D eigenvalue weighted by atomic mass is 28.3. The summed E-state index contributed by atoms with van der Waals surface area (Å²) in [6, 6.07) is 20.2. The van der Waals surface area contributed by atoms with Crippen molar-refractivity contribution < 1.29 is 0 Å². The Balaban J connectivity index is 2.29.